The molecule has 1 aromatic heterocycles. The topological polar surface area (TPSA) is 67.0 Å². The summed E-state index contributed by atoms with van der Waals surface area (Å²) in [5.74, 6) is 0.106. The van der Waals surface area contributed by atoms with Crippen LogP contribution in [0.3, 0.4) is 0 Å². The van der Waals surface area contributed by atoms with Crippen molar-refractivity contribution in [2.75, 3.05) is 5.32 Å². The van der Waals surface area contributed by atoms with Gasteiger partial charge in [0.2, 0.25) is 0 Å². The van der Waals surface area contributed by atoms with Crippen LogP contribution in [0.4, 0.5) is 5.69 Å². The van der Waals surface area contributed by atoms with Crippen molar-refractivity contribution in [2.45, 2.75) is 20.5 Å². The third-order valence-corrected chi connectivity index (χ3v) is 7.25. The third-order valence-electron chi connectivity index (χ3n) is 5.84. The number of anilines is 1. The summed E-state index contributed by atoms with van der Waals surface area (Å²) in [7, 11) is 0. The van der Waals surface area contributed by atoms with E-state index in [1.165, 1.54) is 0 Å². The van der Waals surface area contributed by atoms with Gasteiger partial charge < -0.3 is 14.6 Å². The average Bonchev–Trinajstić information content (AvgIpc) is 3.17. The van der Waals surface area contributed by atoms with Gasteiger partial charge in [-0.25, -0.2) is 0 Å². The van der Waals surface area contributed by atoms with E-state index in [2.05, 4.69) is 5.32 Å². The maximum Gasteiger partial charge on any atom is 0.266 e. The maximum atomic E-state index is 12.8. The Hall–Kier alpha value is -3.40. The molecule has 4 aromatic rings. The van der Waals surface area contributed by atoms with Crippen LogP contribution in [0.1, 0.15) is 22.5 Å². The van der Waals surface area contributed by atoms with E-state index in [0.717, 1.165) is 28.2 Å². The van der Waals surface area contributed by atoms with E-state index in [-0.39, 0.29) is 10.6 Å². The zero-order chi connectivity index (χ0) is 27.4. The Balaban J connectivity index is 1.52. The molecule has 0 aliphatic rings. The van der Waals surface area contributed by atoms with Crippen LogP contribution in [0.25, 0.3) is 11.8 Å². The number of halogens is 4. The van der Waals surface area contributed by atoms with Gasteiger partial charge >= 0.3 is 0 Å². The van der Waals surface area contributed by atoms with Gasteiger partial charge in [-0.2, -0.15) is 5.26 Å². The predicted molar refractivity (Wildman–Crippen MR) is 155 cm³/mol. The molecule has 1 amide bonds. The fraction of sp³-hybridized carbons (Fsp3) is 0.103. The average molecular weight is 585 g/mol. The number of ether oxygens (including phenoxy) is 1. The molecule has 9 heteroatoms. The van der Waals surface area contributed by atoms with Gasteiger partial charge in [-0.15, -0.1) is 0 Å². The second-order valence-electron chi connectivity index (χ2n) is 8.41. The minimum absolute atomic E-state index is 0.0640. The number of carbonyl (C=O) groups is 1. The molecular weight excluding hydrogens is 564 g/mol. The molecule has 0 aliphatic heterocycles. The highest BCUT2D eigenvalue weighted by Gasteiger charge is 2.16. The SMILES string of the molecule is Cc1cc(/C=C(/C#N)C(=O)Nc2cccc(Cl)c2Cl)c(C)n1-c1ccc(OCc2ccc(Cl)cc2Cl)cc1. The fourth-order valence-corrected chi connectivity index (χ4v) is 4.73. The number of hydrogen-bond donors (Lipinski definition) is 1. The van der Waals surface area contributed by atoms with Gasteiger partial charge in [0.05, 0.1) is 15.7 Å². The highest BCUT2D eigenvalue weighted by molar-refractivity contribution is 6.44. The van der Waals surface area contributed by atoms with Crippen molar-refractivity contribution >= 4 is 64.1 Å². The van der Waals surface area contributed by atoms with E-state index in [0.29, 0.717) is 33.1 Å². The molecule has 0 saturated heterocycles. The van der Waals surface area contributed by atoms with Crippen LogP contribution in [-0.2, 0) is 11.4 Å². The van der Waals surface area contributed by atoms with Gasteiger partial charge in [-0.3, -0.25) is 4.79 Å². The van der Waals surface area contributed by atoms with E-state index >= 15 is 0 Å². The first-order valence-electron chi connectivity index (χ1n) is 11.4. The molecule has 0 unspecified atom stereocenters. The fourth-order valence-electron chi connectivity index (χ4n) is 3.92. The lowest BCUT2D eigenvalue weighted by Crippen LogP contribution is -2.13. The minimum Gasteiger partial charge on any atom is -0.489 e. The summed E-state index contributed by atoms with van der Waals surface area (Å²) in [6.45, 7) is 4.19. The van der Waals surface area contributed by atoms with E-state index in [1.807, 2.05) is 60.9 Å². The van der Waals surface area contributed by atoms with Crippen LogP contribution in [0.15, 0.2) is 72.3 Å². The van der Waals surface area contributed by atoms with Crippen LogP contribution in [-0.4, -0.2) is 10.5 Å². The molecule has 4 rings (SSSR count). The predicted octanol–water partition coefficient (Wildman–Crippen LogP) is 8.83. The molecule has 0 saturated carbocycles. The summed E-state index contributed by atoms with van der Waals surface area (Å²) in [4.78, 5) is 12.8. The van der Waals surface area contributed by atoms with Gasteiger partial charge in [0, 0.05) is 32.7 Å². The Bertz CT molecular complexity index is 1580. The number of carbonyl (C=O) groups excluding carboxylic acids is 1. The molecule has 1 heterocycles. The van der Waals surface area contributed by atoms with Gasteiger partial charge in [-0.1, -0.05) is 58.5 Å². The first-order valence-corrected chi connectivity index (χ1v) is 12.9. The lowest BCUT2D eigenvalue weighted by molar-refractivity contribution is -0.112. The standard InChI is InChI=1S/C29H21Cl4N3O2/c1-17-12-20(13-21(15-34)29(37)35-27-5-3-4-25(31)28(27)33)18(2)36(17)23-8-10-24(11-9-23)38-16-19-6-7-22(30)14-26(19)32/h3-14H,16H2,1-2H3,(H,35,37)/b21-13-. The van der Waals surface area contributed by atoms with Gasteiger partial charge in [0.15, 0.2) is 0 Å². The molecule has 0 radical (unpaired) electrons. The second kappa shape index (κ2) is 12.0. The Morgan fingerprint density at radius 3 is 2.42 bits per heavy atom. The molecule has 192 valence electrons. The van der Waals surface area contributed by atoms with Gasteiger partial charge in [0.25, 0.3) is 5.91 Å². The van der Waals surface area contributed by atoms with Crippen molar-refractivity contribution in [2.24, 2.45) is 0 Å². The highest BCUT2D eigenvalue weighted by atomic mass is 35.5. The summed E-state index contributed by atoms with van der Waals surface area (Å²) in [5.41, 5.74) is 4.55. The van der Waals surface area contributed by atoms with Crippen molar-refractivity contribution in [1.29, 1.82) is 5.26 Å². The first-order chi connectivity index (χ1) is 18.2. The summed E-state index contributed by atoms with van der Waals surface area (Å²) < 4.78 is 7.92. The number of nitrogens with zero attached hydrogens (tertiary/aromatic N) is 2. The minimum atomic E-state index is -0.580. The molecule has 0 spiro atoms. The van der Waals surface area contributed by atoms with Crippen molar-refractivity contribution in [3.05, 3.63) is 115 Å². The highest BCUT2D eigenvalue weighted by Crippen LogP contribution is 2.30. The lowest BCUT2D eigenvalue weighted by atomic mass is 10.1. The zero-order valence-corrected chi connectivity index (χ0v) is 23.4. The second-order valence-corrected chi connectivity index (χ2v) is 10.0. The summed E-state index contributed by atoms with van der Waals surface area (Å²) in [6, 6.07) is 21.7. The molecule has 38 heavy (non-hydrogen) atoms. The number of aryl methyl sites for hydroxylation is 1. The number of aromatic nitrogens is 1. The lowest BCUT2D eigenvalue weighted by Gasteiger charge is -2.12. The van der Waals surface area contributed by atoms with Crippen molar-refractivity contribution in [1.82, 2.24) is 4.57 Å². The molecule has 0 fully saturated rings. The molecule has 0 atom stereocenters. The summed E-state index contributed by atoms with van der Waals surface area (Å²) in [6.07, 6.45) is 1.56. The summed E-state index contributed by atoms with van der Waals surface area (Å²) >= 11 is 24.4. The number of benzene rings is 3. The van der Waals surface area contributed by atoms with Crippen LogP contribution in [0, 0.1) is 25.2 Å². The van der Waals surface area contributed by atoms with Crippen molar-refractivity contribution in [3.8, 4) is 17.5 Å². The number of nitriles is 1. The molecular formula is C29H21Cl4N3O2. The van der Waals surface area contributed by atoms with E-state index in [4.69, 9.17) is 51.1 Å². The van der Waals surface area contributed by atoms with Crippen molar-refractivity contribution < 1.29 is 9.53 Å². The summed E-state index contributed by atoms with van der Waals surface area (Å²) in [5, 5.41) is 14.0. The Morgan fingerprint density at radius 1 is 1.00 bits per heavy atom. The van der Waals surface area contributed by atoms with Crippen molar-refractivity contribution in [3.63, 3.8) is 0 Å². The van der Waals surface area contributed by atoms with Crippen LogP contribution >= 0.6 is 46.4 Å². The first kappa shape index (κ1) is 27.6. The molecule has 0 aliphatic carbocycles. The Kier molecular flexibility index (Phi) is 8.71. The Morgan fingerprint density at radius 2 is 1.74 bits per heavy atom. The maximum absolute atomic E-state index is 12.8. The number of nitrogens with one attached hydrogen (secondary N) is 1. The molecule has 1 N–H and O–H groups in total. The smallest absolute Gasteiger partial charge is 0.266 e. The molecule has 0 bridgehead atoms. The van der Waals surface area contributed by atoms with E-state index in [1.54, 1.807) is 36.4 Å². The van der Waals surface area contributed by atoms with E-state index in [9.17, 15) is 10.1 Å². The molecule has 3 aromatic carbocycles. The van der Waals surface area contributed by atoms with Gasteiger partial charge in [-0.05, 0) is 80.1 Å². The normalized spacial score (nSPS) is 11.2. The van der Waals surface area contributed by atoms with Crippen LogP contribution in [0.5, 0.6) is 5.75 Å². The molecule has 5 nitrogen and oxygen atoms in total. The van der Waals surface area contributed by atoms with Gasteiger partial charge in [0.1, 0.15) is 24.0 Å². The number of amides is 1. The zero-order valence-electron chi connectivity index (χ0n) is 20.4. The number of rotatable bonds is 7. The quantitative estimate of drug-likeness (QED) is 0.174. The number of hydrogen-bond acceptors (Lipinski definition) is 3. The van der Waals surface area contributed by atoms with Crippen LogP contribution < -0.4 is 10.1 Å². The largest absolute Gasteiger partial charge is 0.489 e. The Labute approximate surface area is 240 Å². The van der Waals surface area contributed by atoms with Crippen LogP contribution in [0.2, 0.25) is 20.1 Å². The third kappa shape index (κ3) is 6.18. The van der Waals surface area contributed by atoms with E-state index < -0.39 is 5.91 Å². The monoisotopic (exact) mass is 583 g/mol.